The van der Waals surface area contributed by atoms with Crippen LogP contribution in [0.25, 0.3) is 0 Å². The lowest BCUT2D eigenvalue weighted by atomic mass is 9.93. The van der Waals surface area contributed by atoms with Crippen LogP contribution in [0.5, 0.6) is 0 Å². The molecule has 3 saturated heterocycles. The molecule has 17 nitrogen and oxygen atoms in total. The number of hydrogen-bond acceptors (Lipinski definition) is 15. The van der Waals surface area contributed by atoms with Crippen LogP contribution in [0.4, 0.5) is 0 Å². The van der Waals surface area contributed by atoms with Gasteiger partial charge in [-0.05, 0) is 6.92 Å². The van der Waals surface area contributed by atoms with E-state index in [1.54, 1.807) is 0 Å². The molecule has 0 aromatic carbocycles. The molecule has 35 heavy (non-hydrogen) atoms. The molecule has 14 atom stereocenters. The number of carboxylic acids is 1. The Morgan fingerprint density at radius 1 is 0.943 bits per heavy atom. The Balaban J connectivity index is 1.87. The van der Waals surface area contributed by atoms with Crippen LogP contribution < -0.4 is 0 Å². The van der Waals surface area contributed by atoms with Gasteiger partial charge in [0, 0.05) is 4.92 Å². The number of carbonyl (C=O) groups is 1. The van der Waals surface area contributed by atoms with Crippen molar-refractivity contribution < 1.29 is 74.3 Å². The van der Waals surface area contributed by atoms with E-state index in [1.165, 1.54) is 6.92 Å². The van der Waals surface area contributed by atoms with Crippen LogP contribution in [0.1, 0.15) is 6.92 Å². The van der Waals surface area contributed by atoms with E-state index < -0.39 is 110 Å². The molecule has 0 radical (unpaired) electrons. The van der Waals surface area contributed by atoms with Crippen molar-refractivity contribution in [3.05, 3.63) is 10.1 Å². The summed E-state index contributed by atoms with van der Waals surface area (Å²) in [4.78, 5) is 22.0. The lowest BCUT2D eigenvalue weighted by molar-refractivity contribution is -0.566. The zero-order valence-corrected chi connectivity index (χ0v) is 18.3. The fourth-order valence-electron chi connectivity index (χ4n) is 4.21. The molecule has 0 saturated carbocycles. The number of ether oxygens (including phenoxy) is 5. The van der Waals surface area contributed by atoms with Crippen molar-refractivity contribution in [1.82, 2.24) is 0 Å². The molecule has 0 spiro atoms. The number of nitrogens with zero attached hydrogens (tertiary/aromatic N) is 1. The highest BCUT2D eigenvalue weighted by atomic mass is 16.7. The standard InChI is InChI=1S/C18H29NO16/c1-4-13(34-18-10(24)7(19(29)30)9(23)6(2-20)33-18)14(12(26)15(32-4)16(27)28)35-17-11(25)8(22)5(21)3-31-17/h4-15,17-18,20-26H,2-3H2,1H3,(H,27,28)/t4-,5+,6?,7-,8?,9-,10?,11?,12-,13?,14?,15?,17-,18-/m0/s1. The van der Waals surface area contributed by atoms with Gasteiger partial charge in [0.25, 0.3) is 6.04 Å². The molecule has 3 aliphatic rings. The van der Waals surface area contributed by atoms with Gasteiger partial charge in [-0.15, -0.1) is 0 Å². The van der Waals surface area contributed by atoms with Crippen LogP contribution in [-0.4, -0.2) is 151 Å². The summed E-state index contributed by atoms with van der Waals surface area (Å²) in [5, 5.41) is 91.0. The van der Waals surface area contributed by atoms with Gasteiger partial charge in [0.1, 0.15) is 42.7 Å². The number of carboxylic acid groups (broad SMARTS) is 1. The number of aliphatic carboxylic acids is 1. The summed E-state index contributed by atoms with van der Waals surface area (Å²) in [6.07, 6.45) is -22.2. The highest BCUT2D eigenvalue weighted by Crippen LogP contribution is 2.33. The highest BCUT2D eigenvalue weighted by Gasteiger charge is 2.56. The van der Waals surface area contributed by atoms with E-state index >= 15 is 0 Å². The smallest absolute Gasteiger partial charge is 0.335 e. The monoisotopic (exact) mass is 515 g/mol. The summed E-state index contributed by atoms with van der Waals surface area (Å²) in [6.45, 7) is -0.0460. The van der Waals surface area contributed by atoms with E-state index in [4.69, 9.17) is 23.7 Å². The zero-order valence-electron chi connectivity index (χ0n) is 18.3. The van der Waals surface area contributed by atoms with Crippen molar-refractivity contribution in [2.75, 3.05) is 13.2 Å². The summed E-state index contributed by atoms with van der Waals surface area (Å²) in [6, 6.07) is -2.03. The first kappa shape index (κ1) is 28.0. The van der Waals surface area contributed by atoms with Crippen molar-refractivity contribution >= 4 is 5.97 Å². The van der Waals surface area contributed by atoms with Gasteiger partial charge >= 0.3 is 5.97 Å². The fraction of sp³-hybridized carbons (Fsp3) is 0.944. The van der Waals surface area contributed by atoms with Gasteiger partial charge in [0.2, 0.25) is 0 Å². The highest BCUT2D eigenvalue weighted by molar-refractivity contribution is 5.73. The Kier molecular flexibility index (Phi) is 8.95. The van der Waals surface area contributed by atoms with Crippen molar-refractivity contribution in [2.24, 2.45) is 0 Å². The minimum Gasteiger partial charge on any atom is -0.479 e. The third-order valence-electron chi connectivity index (χ3n) is 6.17. The lowest BCUT2D eigenvalue weighted by Crippen LogP contribution is -2.67. The molecule has 0 amide bonds. The fourth-order valence-corrected chi connectivity index (χ4v) is 4.21. The molecule has 7 unspecified atom stereocenters. The molecule has 0 bridgehead atoms. The van der Waals surface area contributed by atoms with Gasteiger partial charge in [-0.2, -0.15) is 0 Å². The maximum Gasteiger partial charge on any atom is 0.335 e. The Labute approximate surface area is 197 Å². The minimum absolute atomic E-state index is 0.476. The Bertz CT molecular complexity index is 756. The van der Waals surface area contributed by atoms with Crippen molar-refractivity contribution in [3.8, 4) is 0 Å². The molecule has 3 heterocycles. The average Bonchev–Trinajstić information content (AvgIpc) is 2.79. The second kappa shape index (κ2) is 11.2. The molecule has 8 N–H and O–H groups in total. The van der Waals surface area contributed by atoms with E-state index in [9.17, 15) is 55.8 Å². The van der Waals surface area contributed by atoms with E-state index in [0.29, 0.717) is 0 Å². The van der Waals surface area contributed by atoms with Gasteiger partial charge in [0.05, 0.1) is 19.3 Å². The van der Waals surface area contributed by atoms with E-state index in [0.717, 1.165) is 0 Å². The largest absolute Gasteiger partial charge is 0.479 e. The molecular weight excluding hydrogens is 486 g/mol. The van der Waals surface area contributed by atoms with Gasteiger partial charge in [-0.3, -0.25) is 10.1 Å². The third-order valence-corrected chi connectivity index (χ3v) is 6.17. The molecule has 0 aromatic rings. The number of nitro groups is 1. The number of aliphatic hydroxyl groups is 7. The number of aliphatic hydroxyl groups excluding tert-OH is 7. The minimum atomic E-state index is -2.07. The summed E-state index contributed by atoms with van der Waals surface area (Å²) in [7, 11) is 0. The summed E-state index contributed by atoms with van der Waals surface area (Å²) >= 11 is 0. The predicted molar refractivity (Wildman–Crippen MR) is 104 cm³/mol. The molecule has 0 aliphatic carbocycles. The third kappa shape index (κ3) is 5.55. The quantitative estimate of drug-likeness (QED) is 0.116. The zero-order chi connectivity index (χ0) is 26.2. The summed E-state index contributed by atoms with van der Waals surface area (Å²) < 4.78 is 26.8. The maximum absolute atomic E-state index is 11.6. The van der Waals surface area contributed by atoms with Gasteiger partial charge in [-0.25, -0.2) is 4.79 Å². The van der Waals surface area contributed by atoms with E-state index in [2.05, 4.69) is 0 Å². The van der Waals surface area contributed by atoms with Gasteiger partial charge < -0.3 is 64.5 Å². The topological polar surface area (TPSA) is 268 Å². The van der Waals surface area contributed by atoms with Crippen LogP contribution in [0.3, 0.4) is 0 Å². The van der Waals surface area contributed by atoms with E-state index in [1.807, 2.05) is 0 Å². The van der Waals surface area contributed by atoms with Crippen molar-refractivity contribution in [2.45, 2.75) is 92.7 Å². The van der Waals surface area contributed by atoms with Crippen LogP contribution in [0.2, 0.25) is 0 Å². The maximum atomic E-state index is 11.6. The number of hydrogen-bond donors (Lipinski definition) is 8. The Hall–Kier alpha value is -1.61. The van der Waals surface area contributed by atoms with Crippen LogP contribution in [-0.2, 0) is 28.5 Å². The first-order chi connectivity index (χ1) is 16.4. The molecule has 0 aromatic heterocycles. The average molecular weight is 515 g/mol. The first-order valence-corrected chi connectivity index (χ1v) is 10.7. The van der Waals surface area contributed by atoms with Crippen molar-refractivity contribution in [3.63, 3.8) is 0 Å². The normalized spacial score (nSPS) is 48.9. The molecule has 202 valence electrons. The predicted octanol–water partition coefficient (Wildman–Crippen LogP) is -5.49. The lowest BCUT2D eigenvalue weighted by Gasteiger charge is -2.47. The summed E-state index contributed by atoms with van der Waals surface area (Å²) in [5.41, 5.74) is 0. The van der Waals surface area contributed by atoms with Crippen LogP contribution in [0.15, 0.2) is 0 Å². The molecule has 17 heteroatoms. The Morgan fingerprint density at radius 3 is 2.14 bits per heavy atom. The second-order valence-electron chi connectivity index (χ2n) is 8.52. The molecule has 3 aliphatic heterocycles. The SMILES string of the molecule is C[C@@H]1OC(C(=O)O)[C@@H](O)C(O[C@@H]2OC[C@@H](O)C(O)C2O)C1O[C@@H]1OC(CO)[C@H](O)[C@H]([N+](=O)[O-])C1O. The molecule has 3 rings (SSSR count). The van der Waals surface area contributed by atoms with E-state index in [-0.39, 0.29) is 0 Å². The Morgan fingerprint density at radius 2 is 1.57 bits per heavy atom. The molecule has 3 fully saturated rings. The van der Waals surface area contributed by atoms with Crippen LogP contribution in [0, 0.1) is 10.1 Å². The van der Waals surface area contributed by atoms with Crippen molar-refractivity contribution in [1.29, 1.82) is 0 Å². The van der Waals surface area contributed by atoms with Gasteiger partial charge in [-0.1, -0.05) is 0 Å². The first-order valence-electron chi connectivity index (χ1n) is 10.7. The molecular formula is C18H29NO16. The second-order valence-corrected chi connectivity index (χ2v) is 8.52. The van der Waals surface area contributed by atoms with Crippen LogP contribution >= 0.6 is 0 Å². The van der Waals surface area contributed by atoms with Gasteiger partial charge in [0.15, 0.2) is 30.9 Å². The summed E-state index contributed by atoms with van der Waals surface area (Å²) in [5.74, 6) is -1.58. The number of rotatable bonds is 7.